The molecule has 0 saturated heterocycles. The fourth-order valence-corrected chi connectivity index (χ4v) is 2.44. The molecule has 100 valence electrons. The van der Waals surface area contributed by atoms with Gasteiger partial charge in [-0.2, -0.15) is 0 Å². The zero-order chi connectivity index (χ0) is 14.0. The quantitative estimate of drug-likeness (QED) is 0.806. The van der Waals surface area contributed by atoms with E-state index in [1.54, 1.807) is 7.11 Å². The van der Waals surface area contributed by atoms with Crippen LogP contribution in [0.4, 0.5) is 0 Å². The minimum Gasteiger partial charge on any atom is -0.497 e. The van der Waals surface area contributed by atoms with Crippen molar-refractivity contribution in [3.63, 3.8) is 0 Å². The van der Waals surface area contributed by atoms with Gasteiger partial charge >= 0.3 is 0 Å². The van der Waals surface area contributed by atoms with Gasteiger partial charge in [-0.05, 0) is 43.7 Å². The maximum Gasteiger partial charge on any atom is 0.120 e. The molecule has 0 aliphatic carbocycles. The summed E-state index contributed by atoms with van der Waals surface area (Å²) in [6.07, 6.45) is 4.16. The average Bonchev–Trinajstić information content (AvgIpc) is 2.42. The van der Waals surface area contributed by atoms with Crippen LogP contribution in [0, 0.1) is 0 Å². The second-order valence-electron chi connectivity index (χ2n) is 4.44. The Labute approximate surface area is 119 Å². The number of allylic oxidation sites excluding steroid dienone is 3. The van der Waals surface area contributed by atoms with Crippen LogP contribution in [0.5, 0.6) is 5.75 Å². The lowest BCUT2D eigenvalue weighted by Gasteiger charge is -2.31. The number of hydrogen-bond acceptors (Lipinski definition) is 2. The van der Waals surface area contributed by atoms with E-state index in [4.69, 9.17) is 16.3 Å². The van der Waals surface area contributed by atoms with Crippen molar-refractivity contribution in [3.05, 3.63) is 58.8 Å². The summed E-state index contributed by atoms with van der Waals surface area (Å²) < 4.78 is 5.18. The molecule has 0 aromatic heterocycles. The van der Waals surface area contributed by atoms with E-state index in [0.29, 0.717) is 5.02 Å². The normalized spacial score (nSPS) is 15.2. The van der Waals surface area contributed by atoms with E-state index in [2.05, 4.69) is 37.5 Å². The van der Waals surface area contributed by atoms with E-state index >= 15 is 0 Å². The molecule has 0 radical (unpaired) electrons. The van der Waals surface area contributed by atoms with Crippen LogP contribution in [0.15, 0.2) is 48.2 Å². The van der Waals surface area contributed by atoms with Crippen molar-refractivity contribution in [1.29, 1.82) is 0 Å². The van der Waals surface area contributed by atoms with Gasteiger partial charge < -0.3 is 9.64 Å². The first-order valence-corrected chi connectivity index (χ1v) is 6.65. The third-order valence-electron chi connectivity index (χ3n) is 3.33. The maximum atomic E-state index is 6.35. The largest absolute Gasteiger partial charge is 0.497 e. The minimum atomic E-state index is 0.685. The van der Waals surface area contributed by atoms with Crippen LogP contribution >= 0.6 is 11.6 Å². The van der Waals surface area contributed by atoms with Gasteiger partial charge in [-0.15, -0.1) is 0 Å². The van der Waals surface area contributed by atoms with Crippen LogP contribution in [0.2, 0.25) is 5.02 Å². The number of methoxy groups -OCH3 is 1. The summed E-state index contributed by atoms with van der Waals surface area (Å²) in [6, 6.07) is 5.74. The van der Waals surface area contributed by atoms with Crippen molar-refractivity contribution >= 4 is 17.3 Å². The zero-order valence-electron chi connectivity index (χ0n) is 11.5. The van der Waals surface area contributed by atoms with E-state index in [1.807, 2.05) is 18.2 Å². The summed E-state index contributed by atoms with van der Waals surface area (Å²) in [5.41, 5.74) is 4.27. The van der Waals surface area contributed by atoms with Gasteiger partial charge in [0, 0.05) is 23.5 Å². The van der Waals surface area contributed by atoms with Crippen LogP contribution in [0.1, 0.15) is 19.4 Å². The van der Waals surface area contributed by atoms with Crippen molar-refractivity contribution in [2.24, 2.45) is 0 Å². The van der Waals surface area contributed by atoms with Crippen LogP contribution in [-0.2, 0) is 0 Å². The fourth-order valence-electron chi connectivity index (χ4n) is 2.18. The molecule has 1 aromatic carbocycles. The molecule has 0 unspecified atom stereocenters. The van der Waals surface area contributed by atoms with Crippen molar-refractivity contribution in [2.45, 2.75) is 13.8 Å². The molecule has 19 heavy (non-hydrogen) atoms. The molecule has 0 amide bonds. The molecule has 0 N–H and O–H groups in total. The van der Waals surface area contributed by atoms with E-state index in [0.717, 1.165) is 29.3 Å². The lowest BCUT2D eigenvalue weighted by Crippen LogP contribution is -2.23. The number of hydrogen-bond donors (Lipinski definition) is 0. The smallest absolute Gasteiger partial charge is 0.120 e. The Hall–Kier alpha value is -1.67. The predicted molar refractivity (Wildman–Crippen MR) is 81.3 cm³/mol. The number of rotatable bonds is 3. The van der Waals surface area contributed by atoms with Crippen molar-refractivity contribution in [1.82, 2.24) is 4.90 Å². The first kappa shape index (κ1) is 13.8. The summed E-state index contributed by atoms with van der Waals surface area (Å²) in [7, 11) is 1.64. The van der Waals surface area contributed by atoms with Crippen molar-refractivity contribution in [2.75, 3.05) is 13.7 Å². The third kappa shape index (κ3) is 2.54. The lowest BCUT2D eigenvalue weighted by atomic mass is 10.0. The SMILES string of the molecule is C=C1C(C)=CC=C(c2ccc(OC)cc2Cl)N1CC. The highest BCUT2D eigenvalue weighted by Crippen LogP contribution is 2.35. The van der Waals surface area contributed by atoms with Gasteiger partial charge in [-0.1, -0.05) is 24.3 Å². The van der Waals surface area contributed by atoms with Gasteiger partial charge in [0.25, 0.3) is 0 Å². The molecule has 3 heteroatoms. The van der Waals surface area contributed by atoms with Crippen molar-refractivity contribution < 1.29 is 4.74 Å². The Morgan fingerprint density at radius 3 is 2.63 bits per heavy atom. The van der Waals surface area contributed by atoms with Crippen LogP contribution < -0.4 is 4.74 Å². The average molecular weight is 276 g/mol. The van der Waals surface area contributed by atoms with E-state index in [-0.39, 0.29) is 0 Å². The second kappa shape index (κ2) is 5.54. The molecule has 0 fully saturated rings. The minimum absolute atomic E-state index is 0.685. The third-order valence-corrected chi connectivity index (χ3v) is 3.64. The molecule has 1 aliphatic rings. The van der Waals surface area contributed by atoms with Gasteiger partial charge in [-0.3, -0.25) is 0 Å². The highest BCUT2D eigenvalue weighted by molar-refractivity contribution is 6.32. The second-order valence-corrected chi connectivity index (χ2v) is 4.85. The predicted octanol–water partition coefficient (Wildman–Crippen LogP) is 4.49. The molecule has 1 aromatic rings. The topological polar surface area (TPSA) is 12.5 Å². The van der Waals surface area contributed by atoms with Crippen molar-refractivity contribution in [3.8, 4) is 5.75 Å². The summed E-state index contributed by atoms with van der Waals surface area (Å²) >= 11 is 6.35. The monoisotopic (exact) mass is 275 g/mol. The zero-order valence-corrected chi connectivity index (χ0v) is 12.3. The summed E-state index contributed by atoms with van der Waals surface area (Å²) in [4.78, 5) is 2.17. The fraction of sp³-hybridized carbons (Fsp3) is 0.250. The van der Waals surface area contributed by atoms with E-state index in [9.17, 15) is 0 Å². The molecule has 0 bridgehead atoms. The van der Waals surface area contributed by atoms with Gasteiger partial charge in [0.2, 0.25) is 0 Å². The first-order valence-electron chi connectivity index (χ1n) is 6.27. The number of halogens is 1. The Kier molecular flexibility index (Phi) is 4.01. The molecule has 2 rings (SSSR count). The lowest BCUT2D eigenvalue weighted by molar-refractivity contribution is 0.414. The molecule has 2 nitrogen and oxygen atoms in total. The number of benzene rings is 1. The Balaban J connectivity index is 2.48. The Bertz CT molecular complexity index is 572. The summed E-state index contributed by atoms with van der Waals surface area (Å²) in [5, 5.41) is 0.685. The highest BCUT2D eigenvalue weighted by atomic mass is 35.5. The number of likely N-dealkylation sites (N-methyl/N-ethyl adjacent to an activating group) is 1. The van der Waals surface area contributed by atoms with Crippen LogP contribution in [0.3, 0.4) is 0 Å². The molecular weight excluding hydrogens is 258 g/mol. The van der Waals surface area contributed by atoms with Crippen LogP contribution in [0.25, 0.3) is 5.70 Å². The molecule has 1 heterocycles. The Morgan fingerprint density at radius 2 is 2.05 bits per heavy atom. The molecule has 1 aliphatic heterocycles. The molecular formula is C16H18ClNO. The summed E-state index contributed by atoms with van der Waals surface area (Å²) in [5.74, 6) is 0.763. The van der Waals surface area contributed by atoms with E-state index in [1.165, 1.54) is 5.57 Å². The number of ether oxygens (including phenoxy) is 1. The summed E-state index contributed by atoms with van der Waals surface area (Å²) in [6.45, 7) is 9.16. The number of nitrogens with zero attached hydrogens (tertiary/aromatic N) is 1. The van der Waals surface area contributed by atoms with E-state index < -0.39 is 0 Å². The van der Waals surface area contributed by atoms with Gasteiger partial charge in [0.05, 0.1) is 12.1 Å². The van der Waals surface area contributed by atoms with Gasteiger partial charge in [0.1, 0.15) is 5.75 Å². The van der Waals surface area contributed by atoms with Gasteiger partial charge in [0.15, 0.2) is 0 Å². The van der Waals surface area contributed by atoms with Crippen LogP contribution in [-0.4, -0.2) is 18.6 Å². The Morgan fingerprint density at radius 1 is 1.32 bits per heavy atom. The van der Waals surface area contributed by atoms with Gasteiger partial charge in [-0.25, -0.2) is 0 Å². The maximum absolute atomic E-state index is 6.35. The molecule has 0 saturated carbocycles. The molecule has 0 atom stereocenters. The molecule has 0 spiro atoms. The highest BCUT2D eigenvalue weighted by Gasteiger charge is 2.19. The standard InChI is InChI=1S/C16H18ClNO/c1-5-18-12(3)11(2)6-9-16(18)14-8-7-13(19-4)10-15(14)17/h6-10H,3,5H2,1-2,4H3. The first-order chi connectivity index (χ1) is 9.08.